The number of nitrogens with two attached hydrogens (primary N) is 1. The third-order valence-corrected chi connectivity index (χ3v) is 5.63. The minimum absolute atomic E-state index is 0.0862. The zero-order valence-electron chi connectivity index (χ0n) is 18.4. The Bertz CT molecular complexity index is 1150. The summed E-state index contributed by atoms with van der Waals surface area (Å²) in [6, 6.07) is 21.3. The number of ether oxygens (including phenoxy) is 1. The summed E-state index contributed by atoms with van der Waals surface area (Å²) in [5.74, 6) is 0.0490. The number of aliphatic carboxylic acids is 1. The number of primary amides is 1. The molecular formula is C27H28N2O4. The van der Waals surface area contributed by atoms with Gasteiger partial charge in [-0.05, 0) is 65.3 Å². The van der Waals surface area contributed by atoms with E-state index in [1.165, 1.54) is 12.8 Å². The van der Waals surface area contributed by atoms with Crippen molar-refractivity contribution in [1.29, 1.82) is 0 Å². The molecule has 4 N–H and O–H groups in total. The summed E-state index contributed by atoms with van der Waals surface area (Å²) in [5.41, 5.74) is 10.9. The Hall–Kier alpha value is -3.80. The summed E-state index contributed by atoms with van der Waals surface area (Å²) in [7, 11) is 0. The number of anilines is 1. The number of carboxylic acid groups (broad SMARTS) is 1. The maximum atomic E-state index is 11.4. The van der Waals surface area contributed by atoms with E-state index in [2.05, 4.69) is 23.5 Å². The lowest BCUT2D eigenvalue weighted by atomic mass is 9.99. The lowest BCUT2D eigenvalue weighted by Crippen LogP contribution is -2.13. The van der Waals surface area contributed by atoms with Gasteiger partial charge in [-0.15, -0.1) is 0 Å². The quantitative estimate of drug-likeness (QED) is 0.407. The average Bonchev–Trinajstić information content (AvgIpc) is 3.61. The second-order valence-corrected chi connectivity index (χ2v) is 8.55. The number of carboxylic acids is 1. The molecular weight excluding hydrogens is 416 g/mol. The number of nitrogens with one attached hydrogen (secondary N) is 1. The van der Waals surface area contributed by atoms with Crippen molar-refractivity contribution in [3.05, 3.63) is 83.4 Å². The van der Waals surface area contributed by atoms with Crippen LogP contribution >= 0.6 is 0 Å². The van der Waals surface area contributed by atoms with Gasteiger partial charge in [0.25, 0.3) is 0 Å². The van der Waals surface area contributed by atoms with Crippen LogP contribution in [0.3, 0.4) is 0 Å². The fraction of sp³-hybridized carbons (Fsp3) is 0.259. The van der Waals surface area contributed by atoms with Crippen LogP contribution in [0.25, 0.3) is 11.1 Å². The van der Waals surface area contributed by atoms with Gasteiger partial charge in [-0.2, -0.15) is 0 Å². The number of rotatable bonds is 11. The van der Waals surface area contributed by atoms with Crippen molar-refractivity contribution >= 4 is 17.6 Å². The zero-order chi connectivity index (χ0) is 23.2. The van der Waals surface area contributed by atoms with E-state index in [9.17, 15) is 9.59 Å². The number of para-hydroxylation sites is 1. The lowest BCUT2D eigenvalue weighted by molar-refractivity contribution is -0.136. The third kappa shape index (κ3) is 6.59. The topological polar surface area (TPSA) is 102 Å². The van der Waals surface area contributed by atoms with E-state index in [0.717, 1.165) is 40.4 Å². The Morgan fingerprint density at radius 2 is 1.73 bits per heavy atom. The summed E-state index contributed by atoms with van der Waals surface area (Å²) in [6.45, 7) is 1.25. The summed E-state index contributed by atoms with van der Waals surface area (Å²) in [5, 5.41) is 12.7. The van der Waals surface area contributed by atoms with Crippen molar-refractivity contribution in [1.82, 2.24) is 0 Å². The number of amides is 1. The highest BCUT2D eigenvalue weighted by atomic mass is 16.5. The van der Waals surface area contributed by atoms with Gasteiger partial charge in [-0.25, -0.2) is 0 Å². The number of carbonyl (C=O) groups is 2. The normalized spacial score (nSPS) is 12.8. The first-order valence-corrected chi connectivity index (χ1v) is 11.1. The van der Waals surface area contributed by atoms with Crippen LogP contribution in [-0.2, 0) is 29.0 Å². The number of hydrogen-bond acceptors (Lipinski definition) is 4. The van der Waals surface area contributed by atoms with Crippen LogP contribution in [-0.4, -0.2) is 23.5 Å². The predicted molar refractivity (Wildman–Crippen MR) is 128 cm³/mol. The molecule has 3 aromatic rings. The second kappa shape index (κ2) is 10.2. The van der Waals surface area contributed by atoms with Crippen LogP contribution < -0.4 is 15.8 Å². The van der Waals surface area contributed by atoms with Gasteiger partial charge in [0.05, 0.1) is 12.8 Å². The highest BCUT2D eigenvalue weighted by molar-refractivity contribution is 5.78. The maximum absolute atomic E-state index is 11.4. The van der Waals surface area contributed by atoms with Crippen molar-refractivity contribution in [2.24, 2.45) is 11.7 Å². The summed E-state index contributed by atoms with van der Waals surface area (Å²) in [4.78, 5) is 22.5. The van der Waals surface area contributed by atoms with E-state index in [4.69, 9.17) is 15.6 Å². The number of carbonyl (C=O) groups excluding carboxylic acids is 1. The van der Waals surface area contributed by atoms with Crippen molar-refractivity contribution in [2.75, 3.05) is 11.9 Å². The molecule has 0 unspecified atom stereocenters. The molecule has 0 radical (unpaired) electrons. The Morgan fingerprint density at radius 1 is 0.939 bits per heavy atom. The lowest BCUT2D eigenvalue weighted by Gasteiger charge is -2.15. The molecule has 1 amide bonds. The molecule has 0 aromatic heterocycles. The van der Waals surface area contributed by atoms with E-state index in [1.54, 1.807) is 12.1 Å². The fourth-order valence-electron chi connectivity index (χ4n) is 3.80. The average molecular weight is 445 g/mol. The number of hydrogen-bond donors (Lipinski definition) is 3. The van der Waals surface area contributed by atoms with Crippen LogP contribution in [0.1, 0.15) is 29.5 Å². The molecule has 3 aromatic carbocycles. The highest BCUT2D eigenvalue weighted by Crippen LogP contribution is 2.31. The van der Waals surface area contributed by atoms with Crippen molar-refractivity contribution < 1.29 is 19.4 Å². The molecule has 0 heterocycles. The maximum Gasteiger partial charge on any atom is 0.307 e. The molecule has 6 heteroatoms. The van der Waals surface area contributed by atoms with Crippen molar-refractivity contribution in [2.45, 2.75) is 32.3 Å². The molecule has 6 nitrogen and oxygen atoms in total. The molecule has 4 rings (SSSR count). The Kier molecular flexibility index (Phi) is 6.93. The van der Waals surface area contributed by atoms with Crippen LogP contribution in [0, 0.1) is 5.92 Å². The molecule has 170 valence electrons. The van der Waals surface area contributed by atoms with Crippen molar-refractivity contribution in [3.63, 3.8) is 0 Å². The molecule has 0 aliphatic heterocycles. The minimum atomic E-state index is -0.893. The van der Waals surface area contributed by atoms with Gasteiger partial charge in [0.2, 0.25) is 5.91 Å². The molecule has 0 spiro atoms. The van der Waals surface area contributed by atoms with Gasteiger partial charge < -0.3 is 20.9 Å². The van der Waals surface area contributed by atoms with Crippen LogP contribution in [0.4, 0.5) is 5.69 Å². The molecule has 1 saturated carbocycles. The molecule has 0 bridgehead atoms. The molecule has 1 aliphatic carbocycles. The van der Waals surface area contributed by atoms with Crippen LogP contribution in [0.15, 0.2) is 66.7 Å². The summed E-state index contributed by atoms with van der Waals surface area (Å²) < 4.78 is 6.03. The minimum Gasteiger partial charge on any atom is -0.489 e. The Morgan fingerprint density at radius 3 is 2.48 bits per heavy atom. The monoisotopic (exact) mass is 444 g/mol. The van der Waals surface area contributed by atoms with Gasteiger partial charge >= 0.3 is 5.97 Å². The molecule has 0 atom stereocenters. The predicted octanol–water partition coefficient (Wildman–Crippen LogP) is 4.41. The van der Waals surface area contributed by atoms with Gasteiger partial charge in [0, 0.05) is 17.8 Å². The van der Waals surface area contributed by atoms with Gasteiger partial charge in [-0.1, -0.05) is 42.5 Å². The van der Waals surface area contributed by atoms with E-state index in [0.29, 0.717) is 17.9 Å². The van der Waals surface area contributed by atoms with E-state index in [1.807, 2.05) is 36.4 Å². The van der Waals surface area contributed by atoms with Gasteiger partial charge in [-0.3, -0.25) is 9.59 Å². The largest absolute Gasteiger partial charge is 0.489 e. The van der Waals surface area contributed by atoms with Crippen molar-refractivity contribution in [3.8, 4) is 16.9 Å². The Balaban J connectivity index is 1.59. The van der Waals surface area contributed by atoms with Gasteiger partial charge in [0.15, 0.2) is 0 Å². The smallest absolute Gasteiger partial charge is 0.307 e. The van der Waals surface area contributed by atoms with Crippen LogP contribution in [0.2, 0.25) is 0 Å². The first-order valence-electron chi connectivity index (χ1n) is 11.1. The highest BCUT2D eigenvalue weighted by Gasteiger charge is 2.20. The second-order valence-electron chi connectivity index (χ2n) is 8.55. The Labute approximate surface area is 193 Å². The summed E-state index contributed by atoms with van der Waals surface area (Å²) in [6.07, 6.45) is 2.64. The van der Waals surface area contributed by atoms with Crippen LogP contribution in [0.5, 0.6) is 5.75 Å². The standard InChI is InChI=1S/C27H28N2O4/c28-26(30)13-19-4-3-6-21(10-19)23-11-20(12-24(14-23)29-16-18-8-9-18)17-33-25-7-2-1-5-22(25)15-27(31)32/h1-7,10-12,14,18,29H,8-9,13,15-17H2,(H2,28,30)(H,31,32). The SMILES string of the molecule is NC(=O)Cc1cccc(-c2cc(COc3ccccc3CC(=O)O)cc(NCC3CC3)c2)c1. The zero-order valence-corrected chi connectivity index (χ0v) is 18.4. The molecule has 33 heavy (non-hydrogen) atoms. The first-order chi connectivity index (χ1) is 16.0. The first kappa shape index (κ1) is 22.4. The van der Waals surface area contributed by atoms with E-state index < -0.39 is 5.97 Å². The van der Waals surface area contributed by atoms with E-state index in [-0.39, 0.29) is 18.7 Å². The fourth-order valence-corrected chi connectivity index (χ4v) is 3.80. The van der Waals surface area contributed by atoms with E-state index >= 15 is 0 Å². The number of benzene rings is 3. The summed E-state index contributed by atoms with van der Waals surface area (Å²) >= 11 is 0. The van der Waals surface area contributed by atoms with Gasteiger partial charge in [0.1, 0.15) is 12.4 Å². The third-order valence-electron chi connectivity index (χ3n) is 5.63. The molecule has 1 fully saturated rings. The molecule has 1 aliphatic rings. The molecule has 0 saturated heterocycles.